The molecule has 2 nitrogen and oxygen atoms in total. The van der Waals surface area contributed by atoms with Crippen LogP contribution < -0.4 is 4.74 Å². The lowest BCUT2D eigenvalue weighted by molar-refractivity contribution is 0.306. The van der Waals surface area contributed by atoms with Gasteiger partial charge in [-0.05, 0) is 41.8 Å². The van der Waals surface area contributed by atoms with Crippen molar-refractivity contribution in [1.29, 1.82) is 5.26 Å². The second-order valence-electron chi connectivity index (χ2n) is 4.64. The van der Waals surface area contributed by atoms with E-state index >= 15 is 0 Å². The van der Waals surface area contributed by atoms with E-state index in [2.05, 4.69) is 13.0 Å². The van der Waals surface area contributed by atoms with Gasteiger partial charge in [0.1, 0.15) is 5.75 Å². The lowest BCUT2D eigenvalue weighted by atomic mass is 10.0. The smallest absolute Gasteiger partial charge is 0.119 e. The Morgan fingerprint density at radius 2 is 1.60 bits per heavy atom. The van der Waals surface area contributed by atoms with Gasteiger partial charge in [-0.1, -0.05) is 44.0 Å². The number of hydrogen-bond acceptors (Lipinski definition) is 2. The molecule has 0 spiro atoms. The molecular formula is C18H19NO. The largest absolute Gasteiger partial charge is 0.494 e. The number of benzene rings is 2. The van der Waals surface area contributed by atoms with Crippen LogP contribution in [0.25, 0.3) is 11.1 Å². The molecule has 0 radical (unpaired) electrons. The molecule has 0 aliphatic rings. The van der Waals surface area contributed by atoms with Crippen molar-refractivity contribution in [2.24, 2.45) is 0 Å². The van der Waals surface area contributed by atoms with Gasteiger partial charge in [0.05, 0.1) is 19.6 Å². The quantitative estimate of drug-likeness (QED) is 0.752. The molecule has 1 atom stereocenters. The van der Waals surface area contributed by atoms with Gasteiger partial charge in [0.2, 0.25) is 0 Å². The van der Waals surface area contributed by atoms with Gasteiger partial charge in [-0.25, -0.2) is 0 Å². The summed E-state index contributed by atoms with van der Waals surface area (Å²) < 4.78 is 13.4. The molecule has 102 valence electrons. The molecule has 1 unspecified atom stereocenters. The molecule has 0 N–H and O–H groups in total. The summed E-state index contributed by atoms with van der Waals surface area (Å²) in [5.74, 6) is 0.725. The summed E-state index contributed by atoms with van der Waals surface area (Å²) in [5, 5.41) is 8.80. The van der Waals surface area contributed by atoms with Crippen LogP contribution in [0.5, 0.6) is 5.75 Å². The van der Waals surface area contributed by atoms with Crippen molar-refractivity contribution in [3.63, 3.8) is 0 Å². The molecule has 2 rings (SSSR count). The summed E-state index contributed by atoms with van der Waals surface area (Å²) in [7, 11) is 0. The Kier molecular flexibility index (Phi) is 4.69. The lowest BCUT2D eigenvalue weighted by Gasteiger charge is -2.07. The molecule has 0 saturated carbocycles. The van der Waals surface area contributed by atoms with Gasteiger partial charge in [-0.3, -0.25) is 0 Å². The Labute approximate surface area is 122 Å². The fourth-order valence-corrected chi connectivity index (χ4v) is 1.91. The molecule has 0 aliphatic carbocycles. The topological polar surface area (TPSA) is 33.0 Å². The number of nitriles is 1. The van der Waals surface area contributed by atoms with E-state index in [-0.39, 0.29) is 0 Å². The highest BCUT2D eigenvalue weighted by Crippen LogP contribution is 2.22. The Hall–Kier alpha value is -2.27. The van der Waals surface area contributed by atoms with E-state index < -0.39 is 6.58 Å². The molecule has 0 aromatic heterocycles. The van der Waals surface area contributed by atoms with E-state index in [1.165, 1.54) is 0 Å². The molecule has 2 aromatic carbocycles. The zero-order valence-corrected chi connectivity index (χ0v) is 11.7. The van der Waals surface area contributed by atoms with Gasteiger partial charge < -0.3 is 4.74 Å². The Morgan fingerprint density at radius 3 is 2.15 bits per heavy atom. The molecule has 0 amide bonds. The number of unbranched alkanes of at least 4 members (excludes halogenated alkanes) is 1. The van der Waals surface area contributed by atoms with Crippen LogP contribution in [0.1, 0.15) is 33.1 Å². The summed E-state index contributed by atoms with van der Waals surface area (Å²) in [6.07, 6.45) is 2.85. The van der Waals surface area contributed by atoms with Crippen molar-refractivity contribution in [1.82, 2.24) is 0 Å². The van der Waals surface area contributed by atoms with Crippen molar-refractivity contribution < 1.29 is 6.11 Å². The van der Waals surface area contributed by atoms with Gasteiger partial charge in [0.15, 0.2) is 0 Å². The first-order chi connectivity index (χ1) is 10.2. The third-order valence-corrected chi connectivity index (χ3v) is 3.10. The SMILES string of the molecule is [2H]C(CCCC)Oc1ccc(-c2ccc(C#N)cc2)cc1. The minimum atomic E-state index is -0.495. The van der Waals surface area contributed by atoms with Crippen LogP contribution >= 0.6 is 0 Å². The van der Waals surface area contributed by atoms with E-state index in [9.17, 15) is 0 Å². The van der Waals surface area contributed by atoms with Crippen molar-refractivity contribution in [3.8, 4) is 22.9 Å². The fraction of sp³-hybridized carbons (Fsp3) is 0.278. The number of hydrogen-bond donors (Lipinski definition) is 0. The molecular weight excluding hydrogens is 246 g/mol. The zero-order chi connectivity index (χ0) is 15.1. The second-order valence-corrected chi connectivity index (χ2v) is 4.64. The van der Waals surface area contributed by atoms with Gasteiger partial charge >= 0.3 is 0 Å². The van der Waals surface area contributed by atoms with Gasteiger partial charge in [-0.2, -0.15) is 5.26 Å². The summed E-state index contributed by atoms with van der Waals surface area (Å²) in [4.78, 5) is 0. The van der Waals surface area contributed by atoms with Gasteiger partial charge in [0.25, 0.3) is 0 Å². The Morgan fingerprint density at radius 1 is 1.00 bits per heavy atom. The van der Waals surface area contributed by atoms with E-state index in [0.717, 1.165) is 36.1 Å². The molecule has 0 saturated heterocycles. The minimum Gasteiger partial charge on any atom is -0.494 e. The zero-order valence-electron chi connectivity index (χ0n) is 12.7. The van der Waals surface area contributed by atoms with Crippen molar-refractivity contribution >= 4 is 0 Å². The Balaban J connectivity index is 2.02. The van der Waals surface area contributed by atoms with Crippen LogP contribution in [-0.4, -0.2) is 6.58 Å². The first kappa shape index (κ1) is 12.7. The molecule has 2 heteroatoms. The molecule has 2 aromatic rings. The first-order valence-corrected chi connectivity index (χ1v) is 6.92. The second kappa shape index (κ2) is 7.35. The third-order valence-electron chi connectivity index (χ3n) is 3.10. The highest BCUT2D eigenvalue weighted by Gasteiger charge is 1.99. The van der Waals surface area contributed by atoms with Crippen LogP contribution in [0, 0.1) is 11.3 Å². The van der Waals surface area contributed by atoms with Crippen LogP contribution in [0.3, 0.4) is 0 Å². The number of ether oxygens (including phenoxy) is 1. The lowest BCUT2D eigenvalue weighted by Crippen LogP contribution is -1.96. The predicted molar refractivity (Wildman–Crippen MR) is 81.6 cm³/mol. The maximum Gasteiger partial charge on any atom is 0.119 e. The normalized spacial score (nSPS) is 12.3. The summed E-state index contributed by atoms with van der Waals surface area (Å²) in [6.45, 7) is 1.62. The van der Waals surface area contributed by atoms with Crippen LogP contribution in [-0.2, 0) is 0 Å². The minimum absolute atomic E-state index is 0.495. The highest BCUT2D eigenvalue weighted by atomic mass is 16.5. The van der Waals surface area contributed by atoms with Gasteiger partial charge in [-0.15, -0.1) is 0 Å². The third kappa shape index (κ3) is 3.86. The molecule has 20 heavy (non-hydrogen) atoms. The maximum atomic E-state index is 8.80. The van der Waals surface area contributed by atoms with E-state index in [1.54, 1.807) is 0 Å². The van der Waals surface area contributed by atoms with Crippen LogP contribution in [0.2, 0.25) is 0 Å². The number of nitrogens with zero attached hydrogens (tertiary/aromatic N) is 1. The Bertz CT molecular complexity index is 599. The summed E-state index contributed by atoms with van der Waals surface area (Å²) in [6, 6.07) is 17.3. The van der Waals surface area contributed by atoms with Crippen molar-refractivity contribution in [2.75, 3.05) is 6.58 Å². The molecule has 0 bridgehead atoms. The fourth-order valence-electron chi connectivity index (χ4n) is 1.91. The standard InChI is InChI=1S/C18H19NO/c1-2-3-4-13-20-18-11-9-17(10-12-18)16-7-5-15(14-19)6-8-16/h5-12H,2-4,13H2,1H3/i13D. The van der Waals surface area contributed by atoms with E-state index in [1.807, 2.05) is 48.5 Å². The number of rotatable bonds is 6. The van der Waals surface area contributed by atoms with Crippen molar-refractivity contribution in [3.05, 3.63) is 54.1 Å². The summed E-state index contributed by atoms with van der Waals surface area (Å²) in [5.41, 5.74) is 2.79. The predicted octanol–water partition coefficient (Wildman–Crippen LogP) is 4.79. The van der Waals surface area contributed by atoms with Crippen molar-refractivity contribution in [2.45, 2.75) is 26.2 Å². The summed E-state index contributed by atoms with van der Waals surface area (Å²) >= 11 is 0. The van der Waals surface area contributed by atoms with Gasteiger partial charge in [0, 0.05) is 0 Å². The molecule has 0 aliphatic heterocycles. The van der Waals surface area contributed by atoms with Crippen LogP contribution in [0.15, 0.2) is 48.5 Å². The van der Waals surface area contributed by atoms with E-state index in [4.69, 9.17) is 11.4 Å². The highest BCUT2D eigenvalue weighted by molar-refractivity contribution is 5.64. The van der Waals surface area contributed by atoms with Crippen LogP contribution in [0.4, 0.5) is 0 Å². The average Bonchev–Trinajstić information content (AvgIpc) is 2.54. The average molecular weight is 266 g/mol. The maximum absolute atomic E-state index is 8.80. The first-order valence-electron chi connectivity index (χ1n) is 7.50. The molecule has 0 fully saturated rings. The molecule has 0 heterocycles. The monoisotopic (exact) mass is 266 g/mol. The van der Waals surface area contributed by atoms with E-state index in [0.29, 0.717) is 5.56 Å².